The van der Waals surface area contributed by atoms with Crippen LogP contribution < -0.4 is 14.4 Å². The maximum absolute atomic E-state index is 12.2. The second-order valence-electron chi connectivity index (χ2n) is 6.39. The molecule has 0 atom stereocenters. The Morgan fingerprint density at radius 1 is 1.28 bits per heavy atom. The van der Waals surface area contributed by atoms with Crippen molar-refractivity contribution in [2.24, 2.45) is 0 Å². The molecule has 0 radical (unpaired) electrons. The smallest absolute Gasteiger partial charge is 0.232 e. The topological polar surface area (TPSA) is 75.7 Å². The van der Waals surface area contributed by atoms with Gasteiger partial charge in [0.1, 0.15) is 5.75 Å². The molecule has 0 unspecified atom stereocenters. The van der Waals surface area contributed by atoms with Crippen LogP contribution in [-0.2, 0) is 14.8 Å². The molecule has 1 aromatic rings. The molecule has 0 spiro atoms. The first-order valence-corrected chi connectivity index (χ1v) is 10.8. The number of rotatable bonds is 9. The Labute approximate surface area is 150 Å². The first-order chi connectivity index (χ1) is 11.9. The summed E-state index contributed by atoms with van der Waals surface area (Å²) in [7, 11) is -3.46. The summed E-state index contributed by atoms with van der Waals surface area (Å²) in [5.41, 5.74) is 0.517. The first kappa shape index (κ1) is 19.6. The minimum Gasteiger partial charge on any atom is -0.492 e. The number of nitrogens with zero attached hydrogens (tertiary/aromatic N) is 1. The van der Waals surface area contributed by atoms with Gasteiger partial charge in [0, 0.05) is 19.0 Å². The van der Waals surface area contributed by atoms with E-state index in [0.717, 1.165) is 12.8 Å². The zero-order chi connectivity index (χ0) is 18.3. The summed E-state index contributed by atoms with van der Waals surface area (Å²) in [6.45, 7) is 2.56. The highest BCUT2D eigenvalue weighted by Gasteiger charge is 2.22. The van der Waals surface area contributed by atoms with Crippen LogP contribution in [0.15, 0.2) is 24.3 Å². The maximum atomic E-state index is 12.2. The third-order valence-electron chi connectivity index (χ3n) is 4.32. The molecule has 1 aliphatic rings. The molecular weight excluding hydrogens is 340 g/mol. The predicted octanol–water partition coefficient (Wildman–Crippen LogP) is 2.69. The highest BCUT2D eigenvalue weighted by atomic mass is 32.2. The second kappa shape index (κ2) is 9.08. The molecule has 2 rings (SSSR count). The molecule has 25 heavy (non-hydrogen) atoms. The van der Waals surface area contributed by atoms with E-state index in [9.17, 15) is 13.2 Å². The van der Waals surface area contributed by atoms with Crippen LogP contribution in [0.2, 0.25) is 0 Å². The van der Waals surface area contributed by atoms with Crippen molar-refractivity contribution in [1.82, 2.24) is 5.32 Å². The van der Waals surface area contributed by atoms with Crippen molar-refractivity contribution in [3.8, 4) is 5.75 Å². The van der Waals surface area contributed by atoms with Gasteiger partial charge in [-0.05, 0) is 38.3 Å². The Kier molecular flexibility index (Phi) is 7.11. The SMILES string of the molecule is CCOc1ccccc1N(CCCC(=O)NC1CCCC1)S(C)(=O)=O. The second-order valence-corrected chi connectivity index (χ2v) is 8.30. The molecular formula is C18H28N2O4S. The summed E-state index contributed by atoms with van der Waals surface area (Å²) in [5, 5.41) is 3.03. The number of carbonyl (C=O) groups excluding carboxylic acids is 1. The minimum atomic E-state index is -3.46. The summed E-state index contributed by atoms with van der Waals surface area (Å²) < 4.78 is 31.3. The van der Waals surface area contributed by atoms with E-state index in [1.807, 2.05) is 13.0 Å². The summed E-state index contributed by atoms with van der Waals surface area (Å²) in [5.74, 6) is 0.532. The summed E-state index contributed by atoms with van der Waals surface area (Å²) in [4.78, 5) is 12.0. The molecule has 6 nitrogen and oxygen atoms in total. The van der Waals surface area contributed by atoms with Crippen LogP contribution in [0.25, 0.3) is 0 Å². The molecule has 140 valence electrons. The van der Waals surface area contributed by atoms with E-state index in [2.05, 4.69) is 5.32 Å². The Bertz CT molecular complexity index is 669. The third kappa shape index (κ3) is 5.92. The van der Waals surface area contributed by atoms with Gasteiger partial charge in [-0.2, -0.15) is 0 Å². The molecule has 1 N–H and O–H groups in total. The van der Waals surface area contributed by atoms with E-state index < -0.39 is 10.0 Å². The van der Waals surface area contributed by atoms with Crippen LogP contribution in [-0.4, -0.2) is 39.8 Å². The molecule has 0 saturated heterocycles. The van der Waals surface area contributed by atoms with Crippen molar-refractivity contribution in [2.45, 2.75) is 51.5 Å². The minimum absolute atomic E-state index is 0.00144. The standard InChI is InChI=1S/C18H28N2O4S/c1-3-24-17-12-7-6-11-16(17)20(25(2,22)23)14-8-13-18(21)19-15-9-4-5-10-15/h6-7,11-12,15H,3-5,8-10,13-14H2,1-2H3,(H,19,21). The highest BCUT2D eigenvalue weighted by molar-refractivity contribution is 7.92. The lowest BCUT2D eigenvalue weighted by Gasteiger charge is -2.24. The van der Waals surface area contributed by atoms with Gasteiger partial charge in [0.15, 0.2) is 0 Å². The van der Waals surface area contributed by atoms with Crippen LogP contribution in [0, 0.1) is 0 Å². The monoisotopic (exact) mass is 368 g/mol. The van der Waals surface area contributed by atoms with E-state index in [0.29, 0.717) is 30.9 Å². The Morgan fingerprint density at radius 3 is 2.60 bits per heavy atom. The first-order valence-electron chi connectivity index (χ1n) is 8.90. The average Bonchev–Trinajstić information content (AvgIpc) is 3.04. The van der Waals surface area contributed by atoms with Crippen molar-refractivity contribution in [3.05, 3.63) is 24.3 Å². The summed E-state index contributed by atoms with van der Waals surface area (Å²) in [6, 6.07) is 7.36. The molecule has 7 heteroatoms. The average molecular weight is 368 g/mol. The Hall–Kier alpha value is -1.76. The Balaban J connectivity index is 1.98. The normalized spacial score (nSPS) is 15.1. The number of hydrogen-bond donors (Lipinski definition) is 1. The van der Waals surface area contributed by atoms with E-state index in [-0.39, 0.29) is 18.5 Å². The number of para-hydroxylation sites is 2. The highest BCUT2D eigenvalue weighted by Crippen LogP contribution is 2.30. The van der Waals surface area contributed by atoms with Crippen LogP contribution in [0.3, 0.4) is 0 Å². The van der Waals surface area contributed by atoms with Crippen molar-refractivity contribution in [2.75, 3.05) is 23.7 Å². The number of anilines is 1. The number of carbonyl (C=O) groups is 1. The van der Waals surface area contributed by atoms with E-state index >= 15 is 0 Å². The van der Waals surface area contributed by atoms with Crippen molar-refractivity contribution in [1.29, 1.82) is 0 Å². The lowest BCUT2D eigenvalue weighted by molar-refractivity contribution is -0.121. The maximum Gasteiger partial charge on any atom is 0.232 e. The fraction of sp³-hybridized carbons (Fsp3) is 0.611. The van der Waals surface area contributed by atoms with Gasteiger partial charge in [-0.15, -0.1) is 0 Å². The lowest BCUT2D eigenvalue weighted by Crippen LogP contribution is -2.34. The third-order valence-corrected chi connectivity index (χ3v) is 5.50. The number of ether oxygens (including phenoxy) is 1. The number of benzene rings is 1. The number of nitrogens with one attached hydrogen (secondary N) is 1. The van der Waals surface area contributed by atoms with E-state index in [1.54, 1.807) is 18.2 Å². The number of sulfonamides is 1. The van der Waals surface area contributed by atoms with Gasteiger partial charge >= 0.3 is 0 Å². The van der Waals surface area contributed by atoms with Gasteiger partial charge in [0.05, 0.1) is 18.6 Å². The Morgan fingerprint density at radius 2 is 1.96 bits per heavy atom. The number of amides is 1. The van der Waals surface area contributed by atoms with Crippen LogP contribution >= 0.6 is 0 Å². The zero-order valence-corrected chi connectivity index (χ0v) is 15.8. The fourth-order valence-corrected chi connectivity index (χ4v) is 4.13. The molecule has 1 fully saturated rings. The van der Waals surface area contributed by atoms with Gasteiger partial charge in [0.2, 0.25) is 15.9 Å². The predicted molar refractivity (Wildman–Crippen MR) is 99.4 cm³/mol. The molecule has 0 aromatic heterocycles. The van der Waals surface area contributed by atoms with Gasteiger partial charge < -0.3 is 10.1 Å². The molecule has 0 aliphatic heterocycles. The molecule has 1 aliphatic carbocycles. The molecule has 0 bridgehead atoms. The van der Waals surface area contributed by atoms with Crippen LogP contribution in [0.5, 0.6) is 5.75 Å². The van der Waals surface area contributed by atoms with Gasteiger partial charge in [-0.25, -0.2) is 8.42 Å². The molecule has 0 heterocycles. The van der Waals surface area contributed by atoms with E-state index in [4.69, 9.17) is 4.74 Å². The van der Waals surface area contributed by atoms with Crippen LogP contribution in [0.1, 0.15) is 45.4 Å². The summed E-state index contributed by atoms with van der Waals surface area (Å²) >= 11 is 0. The van der Waals surface area contributed by atoms with Gasteiger partial charge in [0.25, 0.3) is 0 Å². The largest absolute Gasteiger partial charge is 0.492 e. The molecule has 1 amide bonds. The quantitative estimate of drug-likeness (QED) is 0.727. The van der Waals surface area contributed by atoms with Crippen molar-refractivity contribution < 1.29 is 17.9 Å². The number of hydrogen-bond acceptors (Lipinski definition) is 4. The summed E-state index contributed by atoms with van der Waals surface area (Å²) in [6.07, 6.45) is 6.38. The molecule has 1 aromatic carbocycles. The van der Waals surface area contributed by atoms with E-state index in [1.165, 1.54) is 23.4 Å². The van der Waals surface area contributed by atoms with Gasteiger partial charge in [-0.3, -0.25) is 9.10 Å². The lowest BCUT2D eigenvalue weighted by atomic mass is 10.2. The zero-order valence-electron chi connectivity index (χ0n) is 15.0. The van der Waals surface area contributed by atoms with Crippen molar-refractivity contribution >= 4 is 21.6 Å². The van der Waals surface area contributed by atoms with Gasteiger partial charge in [-0.1, -0.05) is 25.0 Å². The van der Waals surface area contributed by atoms with Crippen LogP contribution in [0.4, 0.5) is 5.69 Å². The fourth-order valence-electron chi connectivity index (χ4n) is 3.16. The molecule has 1 saturated carbocycles. The van der Waals surface area contributed by atoms with Crippen molar-refractivity contribution in [3.63, 3.8) is 0 Å².